The molecule has 2 aromatic carbocycles. The lowest BCUT2D eigenvalue weighted by molar-refractivity contribution is 0.0944. The van der Waals surface area contributed by atoms with Crippen LogP contribution in [0, 0.1) is 0 Å². The minimum atomic E-state index is -0.223. The van der Waals surface area contributed by atoms with E-state index in [4.69, 9.17) is 5.11 Å². The van der Waals surface area contributed by atoms with Crippen LogP contribution in [-0.4, -0.2) is 34.9 Å². The van der Waals surface area contributed by atoms with E-state index in [0.29, 0.717) is 11.1 Å². The first-order valence-electron chi connectivity index (χ1n) is 7.49. The van der Waals surface area contributed by atoms with Gasteiger partial charge in [-0.3, -0.25) is 9.59 Å². The monoisotopic (exact) mass is 340 g/mol. The number of thiazole rings is 1. The highest BCUT2D eigenvalue weighted by Gasteiger charge is 2.11. The van der Waals surface area contributed by atoms with Crippen molar-refractivity contribution in [3.8, 4) is 10.6 Å². The van der Waals surface area contributed by atoms with E-state index in [2.05, 4.69) is 10.3 Å². The summed E-state index contributed by atoms with van der Waals surface area (Å²) in [6, 6.07) is 12.7. The Kier molecular flexibility index (Phi) is 4.69. The van der Waals surface area contributed by atoms with Gasteiger partial charge in [-0.1, -0.05) is 18.2 Å². The molecule has 1 amide bonds. The smallest absolute Gasteiger partial charge is 0.251 e. The van der Waals surface area contributed by atoms with Gasteiger partial charge in [-0.05, 0) is 31.2 Å². The van der Waals surface area contributed by atoms with Gasteiger partial charge < -0.3 is 10.4 Å². The maximum Gasteiger partial charge on any atom is 0.251 e. The molecule has 0 unspecified atom stereocenters. The molecule has 0 spiro atoms. The molecule has 0 atom stereocenters. The van der Waals surface area contributed by atoms with Crippen molar-refractivity contribution in [2.24, 2.45) is 0 Å². The Morgan fingerprint density at radius 3 is 2.75 bits per heavy atom. The van der Waals surface area contributed by atoms with E-state index in [1.807, 2.05) is 18.2 Å². The summed E-state index contributed by atoms with van der Waals surface area (Å²) < 4.78 is 0.898. The van der Waals surface area contributed by atoms with E-state index >= 15 is 0 Å². The summed E-state index contributed by atoms with van der Waals surface area (Å²) in [7, 11) is 0. The Labute approximate surface area is 143 Å². The summed E-state index contributed by atoms with van der Waals surface area (Å²) in [5.74, 6) is -0.208. The summed E-state index contributed by atoms with van der Waals surface area (Å²) in [5, 5.41) is 12.2. The molecule has 0 aliphatic heterocycles. The number of hydrogen-bond donors (Lipinski definition) is 2. The molecular formula is C18H16N2O3S. The summed E-state index contributed by atoms with van der Waals surface area (Å²) in [6.45, 7) is 1.67. The molecule has 3 rings (SSSR count). The Morgan fingerprint density at radius 2 is 2.00 bits per heavy atom. The molecule has 0 aliphatic carbocycles. The number of carbonyl (C=O) groups excluding carboxylic acids is 2. The van der Waals surface area contributed by atoms with Crippen molar-refractivity contribution in [1.29, 1.82) is 0 Å². The number of aromatic nitrogens is 1. The van der Waals surface area contributed by atoms with E-state index in [0.717, 1.165) is 20.8 Å². The molecule has 0 fully saturated rings. The van der Waals surface area contributed by atoms with Crippen LogP contribution in [0.3, 0.4) is 0 Å². The molecule has 0 aliphatic rings. The Bertz CT molecular complexity index is 918. The first-order chi connectivity index (χ1) is 11.6. The number of amides is 1. The summed E-state index contributed by atoms with van der Waals surface area (Å²) in [5.41, 5.74) is 2.87. The zero-order valence-corrected chi connectivity index (χ0v) is 13.9. The Hall–Kier alpha value is -2.57. The van der Waals surface area contributed by atoms with Gasteiger partial charge in [0.2, 0.25) is 0 Å². The lowest BCUT2D eigenvalue weighted by Gasteiger charge is -2.02. The molecule has 122 valence electrons. The van der Waals surface area contributed by atoms with Gasteiger partial charge in [-0.25, -0.2) is 4.98 Å². The molecule has 24 heavy (non-hydrogen) atoms. The molecule has 5 nitrogen and oxygen atoms in total. The number of ketones is 1. The normalized spacial score (nSPS) is 10.8. The maximum absolute atomic E-state index is 12.0. The molecule has 6 heteroatoms. The first-order valence-corrected chi connectivity index (χ1v) is 8.31. The van der Waals surface area contributed by atoms with E-state index in [1.165, 1.54) is 18.3 Å². The molecule has 0 saturated carbocycles. The van der Waals surface area contributed by atoms with Crippen LogP contribution in [0.25, 0.3) is 20.8 Å². The largest absolute Gasteiger partial charge is 0.395 e. The van der Waals surface area contributed by atoms with Gasteiger partial charge in [0.05, 0.1) is 16.8 Å². The third-order valence-corrected chi connectivity index (χ3v) is 4.63. The van der Waals surface area contributed by atoms with Gasteiger partial charge in [0, 0.05) is 23.2 Å². The van der Waals surface area contributed by atoms with Crippen molar-refractivity contribution in [3.05, 3.63) is 53.6 Å². The average molecular weight is 340 g/mol. The third kappa shape index (κ3) is 3.34. The highest BCUT2D eigenvalue weighted by molar-refractivity contribution is 7.21. The Balaban J connectivity index is 1.95. The number of aliphatic hydroxyl groups is 1. The van der Waals surface area contributed by atoms with Gasteiger partial charge in [-0.15, -0.1) is 11.3 Å². The van der Waals surface area contributed by atoms with E-state index in [1.54, 1.807) is 24.3 Å². The molecule has 3 aromatic rings. The van der Waals surface area contributed by atoms with Gasteiger partial charge >= 0.3 is 0 Å². The molecule has 0 saturated heterocycles. The lowest BCUT2D eigenvalue weighted by Crippen LogP contribution is -2.26. The van der Waals surface area contributed by atoms with Crippen LogP contribution in [0.15, 0.2) is 42.5 Å². The summed E-state index contributed by atoms with van der Waals surface area (Å²) in [4.78, 5) is 28.1. The van der Waals surface area contributed by atoms with Gasteiger partial charge in [0.25, 0.3) is 5.91 Å². The number of nitrogens with zero attached hydrogens (tertiary/aromatic N) is 1. The zero-order chi connectivity index (χ0) is 17.1. The second kappa shape index (κ2) is 6.90. The highest BCUT2D eigenvalue weighted by atomic mass is 32.1. The standard InChI is InChI=1S/C18H16N2O3S/c1-11(22)12-3-2-4-14(9-12)18-20-15-6-5-13(10-16(15)24-18)17(23)19-7-8-21/h2-6,9-10,21H,7-8H2,1H3,(H,19,23). The molecule has 0 bridgehead atoms. The minimum absolute atomic E-state index is 0.0146. The Morgan fingerprint density at radius 1 is 1.17 bits per heavy atom. The number of hydrogen-bond acceptors (Lipinski definition) is 5. The summed E-state index contributed by atoms with van der Waals surface area (Å²) in [6.07, 6.45) is 0. The highest BCUT2D eigenvalue weighted by Crippen LogP contribution is 2.31. The van der Waals surface area contributed by atoms with Crippen LogP contribution in [0.2, 0.25) is 0 Å². The number of benzene rings is 2. The number of fused-ring (bicyclic) bond motifs is 1. The van der Waals surface area contributed by atoms with Crippen molar-refractivity contribution < 1.29 is 14.7 Å². The SMILES string of the molecule is CC(=O)c1cccc(-c2nc3ccc(C(=O)NCCO)cc3s2)c1. The van der Waals surface area contributed by atoms with E-state index in [9.17, 15) is 9.59 Å². The average Bonchev–Trinajstić information content (AvgIpc) is 3.03. The molecule has 0 radical (unpaired) electrons. The van der Waals surface area contributed by atoms with E-state index < -0.39 is 0 Å². The van der Waals surface area contributed by atoms with Crippen molar-refractivity contribution >= 4 is 33.2 Å². The maximum atomic E-state index is 12.0. The summed E-state index contributed by atoms with van der Waals surface area (Å²) >= 11 is 1.47. The van der Waals surface area contributed by atoms with Crippen molar-refractivity contribution in [3.63, 3.8) is 0 Å². The second-order valence-electron chi connectivity index (χ2n) is 5.32. The van der Waals surface area contributed by atoms with E-state index in [-0.39, 0.29) is 24.8 Å². The molecule has 1 heterocycles. The fourth-order valence-electron chi connectivity index (χ4n) is 2.33. The van der Waals surface area contributed by atoms with Crippen molar-refractivity contribution in [2.75, 3.05) is 13.2 Å². The number of carbonyl (C=O) groups is 2. The number of Topliss-reactive ketones (excluding diaryl/α,β-unsaturated/α-hetero) is 1. The number of nitrogens with one attached hydrogen (secondary N) is 1. The molecular weight excluding hydrogens is 324 g/mol. The fourth-order valence-corrected chi connectivity index (χ4v) is 3.33. The predicted octanol–water partition coefficient (Wildman–Crippen LogP) is 2.89. The van der Waals surface area contributed by atoms with Crippen molar-refractivity contribution in [2.45, 2.75) is 6.92 Å². The zero-order valence-electron chi connectivity index (χ0n) is 13.1. The number of rotatable bonds is 5. The first kappa shape index (κ1) is 16.3. The van der Waals surface area contributed by atoms with Crippen LogP contribution < -0.4 is 5.32 Å². The van der Waals surface area contributed by atoms with Crippen LogP contribution in [0.1, 0.15) is 27.6 Å². The lowest BCUT2D eigenvalue weighted by atomic mass is 10.1. The van der Waals surface area contributed by atoms with Gasteiger partial charge in [0.15, 0.2) is 5.78 Å². The van der Waals surface area contributed by atoms with Crippen molar-refractivity contribution in [1.82, 2.24) is 10.3 Å². The quantitative estimate of drug-likeness (QED) is 0.700. The molecule has 1 aromatic heterocycles. The number of aliphatic hydroxyl groups excluding tert-OH is 1. The van der Waals surface area contributed by atoms with Gasteiger partial charge in [0.1, 0.15) is 5.01 Å². The predicted molar refractivity (Wildman–Crippen MR) is 94.5 cm³/mol. The van der Waals surface area contributed by atoms with Crippen LogP contribution in [-0.2, 0) is 0 Å². The second-order valence-corrected chi connectivity index (χ2v) is 6.35. The van der Waals surface area contributed by atoms with Crippen LogP contribution in [0.4, 0.5) is 0 Å². The van der Waals surface area contributed by atoms with Crippen LogP contribution in [0.5, 0.6) is 0 Å². The topological polar surface area (TPSA) is 79.3 Å². The van der Waals surface area contributed by atoms with Crippen LogP contribution >= 0.6 is 11.3 Å². The molecule has 2 N–H and O–H groups in total. The third-order valence-electron chi connectivity index (χ3n) is 3.56. The van der Waals surface area contributed by atoms with Gasteiger partial charge in [-0.2, -0.15) is 0 Å². The minimum Gasteiger partial charge on any atom is -0.395 e. The fraction of sp³-hybridized carbons (Fsp3) is 0.167.